The molecule has 0 aliphatic rings. The van der Waals surface area contributed by atoms with E-state index in [0.717, 1.165) is 12.0 Å². The molecule has 0 fully saturated rings. The highest BCUT2D eigenvalue weighted by molar-refractivity contribution is 5.18. The molecule has 0 unspecified atom stereocenters. The molecule has 0 saturated carbocycles. The molecule has 112 valence electrons. The second kappa shape index (κ2) is 7.96. The van der Waals surface area contributed by atoms with E-state index >= 15 is 0 Å². The van der Waals surface area contributed by atoms with Gasteiger partial charge in [0, 0.05) is 12.6 Å². The Balaban J connectivity index is 1.91. The molecule has 0 spiro atoms. The van der Waals surface area contributed by atoms with Gasteiger partial charge < -0.3 is 10.4 Å². The Morgan fingerprint density at radius 2 is 1.48 bits per heavy atom. The van der Waals surface area contributed by atoms with Crippen molar-refractivity contribution in [3.8, 4) is 0 Å². The molecule has 0 aromatic heterocycles. The summed E-state index contributed by atoms with van der Waals surface area (Å²) in [6.07, 6.45) is 0.531. The summed E-state index contributed by atoms with van der Waals surface area (Å²) in [4.78, 5) is 0. The molecule has 2 aromatic carbocycles. The van der Waals surface area contributed by atoms with Crippen LogP contribution in [0, 0.1) is 5.92 Å². The van der Waals surface area contributed by atoms with Crippen LogP contribution in [-0.4, -0.2) is 17.7 Å². The minimum absolute atomic E-state index is 0.366. The number of hydrogen-bond donors (Lipinski definition) is 2. The van der Waals surface area contributed by atoms with Crippen molar-refractivity contribution >= 4 is 0 Å². The van der Waals surface area contributed by atoms with Crippen LogP contribution in [0.15, 0.2) is 60.7 Å². The second-order valence-electron chi connectivity index (χ2n) is 5.87. The number of hydrogen-bond acceptors (Lipinski definition) is 2. The van der Waals surface area contributed by atoms with Crippen LogP contribution in [-0.2, 0) is 6.42 Å². The van der Waals surface area contributed by atoms with Crippen molar-refractivity contribution in [2.75, 3.05) is 6.54 Å². The molecule has 0 saturated heterocycles. The van der Waals surface area contributed by atoms with Crippen molar-refractivity contribution in [2.45, 2.75) is 32.4 Å². The van der Waals surface area contributed by atoms with Gasteiger partial charge in [0.05, 0.1) is 6.10 Å². The SMILES string of the molecule is CC(C)[C@@H](Cc1ccccc1)NC[C@H](O)c1ccccc1. The second-order valence-corrected chi connectivity index (χ2v) is 5.87. The van der Waals surface area contributed by atoms with Gasteiger partial charge in [0.1, 0.15) is 0 Å². The maximum atomic E-state index is 10.3. The summed E-state index contributed by atoms with van der Waals surface area (Å²) in [6.45, 7) is 5.02. The van der Waals surface area contributed by atoms with Crippen molar-refractivity contribution in [3.05, 3.63) is 71.8 Å². The summed E-state index contributed by atoms with van der Waals surface area (Å²) in [5, 5.41) is 13.8. The third-order valence-corrected chi connectivity index (χ3v) is 3.86. The molecule has 0 amide bonds. The third-order valence-electron chi connectivity index (χ3n) is 3.86. The highest BCUT2D eigenvalue weighted by Crippen LogP contribution is 2.14. The topological polar surface area (TPSA) is 32.3 Å². The molecule has 2 N–H and O–H groups in total. The molecular weight excluding hydrogens is 258 g/mol. The predicted molar refractivity (Wildman–Crippen MR) is 88.2 cm³/mol. The zero-order valence-electron chi connectivity index (χ0n) is 12.9. The van der Waals surface area contributed by atoms with E-state index in [4.69, 9.17) is 0 Å². The normalized spacial score (nSPS) is 14.1. The van der Waals surface area contributed by atoms with Crippen LogP contribution in [0.5, 0.6) is 0 Å². The third kappa shape index (κ3) is 5.00. The van der Waals surface area contributed by atoms with Crippen molar-refractivity contribution in [2.24, 2.45) is 5.92 Å². The van der Waals surface area contributed by atoms with E-state index < -0.39 is 6.10 Å². The molecule has 0 heterocycles. The highest BCUT2D eigenvalue weighted by Gasteiger charge is 2.15. The van der Waals surface area contributed by atoms with Crippen molar-refractivity contribution < 1.29 is 5.11 Å². The fourth-order valence-electron chi connectivity index (χ4n) is 2.47. The Bertz CT molecular complexity index is 510. The van der Waals surface area contributed by atoms with Crippen LogP contribution in [0.25, 0.3) is 0 Å². The van der Waals surface area contributed by atoms with Gasteiger partial charge in [-0.2, -0.15) is 0 Å². The maximum absolute atomic E-state index is 10.3. The number of aliphatic hydroxyl groups excluding tert-OH is 1. The van der Waals surface area contributed by atoms with E-state index in [1.807, 2.05) is 36.4 Å². The lowest BCUT2D eigenvalue weighted by Crippen LogP contribution is -2.38. The first-order valence-corrected chi connectivity index (χ1v) is 7.67. The van der Waals surface area contributed by atoms with Crippen LogP contribution in [0.3, 0.4) is 0 Å². The van der Waals surface area contributed by atoms with Crippen molar-refractivity contribution in [3.63, 3.8) is 0 Å². The van der Waals surface area contributed by atoms with Gasteiger partial charge in [0.25, 0.3) is 0 Å². The zero-order valence-corrected chi connectivity index (χ0v) is 12.9. The smallest absolute Gasteiger partial charge is 0.0914 e. The van der Waals surface area contributed by atoms with Crippen molar-refractivity contribution in [1.29, 1.82) is 0 Å². The summed E-state index contributed by atoms with van der Waals surface area (Å²) in [7, 11) is 0. The molecule has 2 heteroatoms. The van der Waals surface area contributed by atoms with Gasteiger partial charge in [-0.3, -0.25) is 0 Å². The molecule has 0 aliphatic heterocycles. The molecule has 0 radical (unpaired) electrons. The minimum Gasteiger partial charge on any atom is -0.387 e. The summed E-state index contributed by atoms with van der Waals surface area (Å²) in [6, 6.07) is 20.7. The fraction of sp³-hybridized carbons (Fsp3) is 0.368. The number of benzene rings is 2. The monoisotopic (exact) mass is 283 g/mol. The van der Waals surface area contributed by atoms with Crippen LogP contribution in [0.1, 0.15) is 31.1 Å². The molecule has 2 atom stereocenters. The lowest BCUT2D eigenvalue weighted by atomic mass is 9.96. The lowest BCUT2D eigenvalue weighted by molar-refractivity contribution is 0.165. The molecule has 0 aliphatic carbocycles. The zero-order chi connectivity index (χ0) is 15.1. The van der Waals surface area contributed by atoms with Gasteiger partial charge in [0.2, 0.25) is 0 Å². The molecule has 2 aromatic rings. The average Bonchev–Trinajstić information content (AvgIpc) is 2.52. The van der Waals surface area contributed by atoms with E-state index in [9.17, 15) is 5.11 Å². The molecule has 2 rings (SSSR count). The molecule has 2 nitrogen and oxygen atoms in total. The summed E-state index contributed by atoms with van der Waals surface area (Å²) in [5.41, 5.74) is 2.30. The Morgan fingerprint density at radius 3 is 2.05 bits per heavy atom. The first kappa shape index (κ1) is 15.7. The fourth-order valence-corrected chi connectivity index (χ4v) is 2.47. The Kier molecular flexibility index (Phi) is 5.97. The predicted octanol–water partition coefficient (Wildman–Crippen LogP) is 3.58. The van der Waals surface area contributed by atoms with Crippen LogP contribution in [0.2, 0.25) is 0 Å². The van der Waals surface area contributed by atoms with Gasteiger partial charge in [0.15, 0.2) is 0 Å². The maximum Gasteiger partial charge on any atom is 0.0914 e. The number of nitrogens with one attached hydrogen (secondary N) is 1. The van der Waals surface area contributed by atoms with E-state index in [2.05, 4.69) is 43.4 Å². The van der Waals surface area contributed by atoms with E-state index in [0.29, 0.717) is 18.5 Å². The first-order valence-electron chi connectivity index (χ1n) is 7.67. The molecule has 21 heavy (non-hydrogen) atoms. The van der Waals surface area contributed by atoms with Crippen LogP contribution < -0.4 is 5.32 Å². The van der Waals surface area contributed by atoms with Gasteiger partial charge in [-0.15, -0.1) is 0 Å². The lowest BCUT2D eigenvalue weighted by Gasteiger charge is -2.24. The van der Waals surface area contributed by atoms with E-state index in [1.54, 1.807) is 0 Å². The largest absolute Gasteiger partial charge is 0.387 e. The van der Waals surface area contributed by atoms with Gasteiger partial charge >= 0.3 is 0 Å². The standard InChI is InChI=1S/C19H25NO/c1-15(2)18(13-16-9-5-3-6-10-16)20-14-19(21)17-11-7-4-8-12-17/h3-12,15,18-21H,13-14H2,1-2H3/t18-,19+/m1/s1. The first-order chi connectivity index (χ1) is 10.2. The summed E-state index contributed by atoms with van der Waals surface area (Å²) in [5.74, 6) is 0.521. The Morgan fingerprint density at radius 1 is 0.905 bits per heavy atom. The quantitative estimate of drug-likeness (QED) is 0.814. The van der Waals surface area contributed by atoms with Gasteiger partial charge in [-0.05, 0) is 23.5 Å². The Labute approximate surface area is 127 Å². The van der Waals surface area contributed by atoms with Crippen LogP contribution >= 0.6 is 0 Å². The van der Waals surface area contributed by atoms with Crippen molar-refractivity contribution in [1.82, 2.24) is 5.32 Å². The molecule has 0 bridgehead atoms. The average molecular weight is 283 g/mol. The number of aliphatic hydroxyl groups is 1. The number of rotatable bonds is 7. The summed E-state index contributed by atoms with van der Waals surface area (Å²) < 4.78 is 0. The Hall–Kier alpha value is -1.64. The van der Waals surface area contributed by atoms with E-state index in [-0.39, 0.29) is 0 Å². The summed E-state index contributed by atoms with van der Waals surface area (Å²) >= 11 is 0. The molecular formula is C19H25NO. The minimum atomic E-state index is -0.455. The van der Waals surface area contributed by atoms with E-state index in [1.165, 1.54) is 5.56 Å². The highest BCUT2D eigenvalue weighted by atomic mass is 16.3. The van der Waals surface area contributed by atoms with Crippen LogP contribution in [0.4, 0.5) is 0 Å². The van der Waals surface area contributed by atoms with Gasteiger partial charge in [-0.1, -0.05) is 74.5 Å². The van der Waals surface area contributed by atoms with Gasteiger partial charge in [-0.25, -0.2) is 0 Å².